The lowest BCUT2D eigenvalue weighted by Gasteiger charge is -2.42. The molecule has 1 aromatic carbocycles. The quantitative estimate of drug-likeness (QED) is 0.828. The van der Waals surface area contributed by atoms with Crippen molar-refractivity contribution in [1.82, 2.24) is 4.90 Å². The molecule has 1 aliphatic rings. The van der Waals surface area contributed by atoms with E-state index in [0.29, 0.717) is 25.4 Å². The number of piperidine rings is 1. The third kappa shape index (κ3) is 3.96. The zero-order chi connectivity index (χ0) is 14.8. The Morgan fingerprint density at radius 3 is 2.40 bits per heavy atom. The van der Waals surface area contributed by atoms with Crippen molar-refractivity contribution in [3.63, 3.8) is 0 Å². The lowest BCUT2D eigenvalue weighted by molar-refractivity contribution is -0.347. The second-order valence-corrected chi connectivity index (χ2v) is 5.47. The highest BCUT2D eigenvalue weighted by atomic mass is 19.4. The van der Waals surface area contributed by atoms with Crippen LogP contribution in [0.4, 0.5) is 13.2 Å². The van der Waals surface area contributed by atoms with Gasteiger partial charge in [-0.2, -0.15) is 0 Å². The molecule has 1 aliphatic heterocycles. The van der Waals surface area contributed by atoms with E-state index in [2.05, 4.69) is 23.5 Å². The molecule has 0 aliphatic carbocycles. The number of rotatable bonds is 3. The van der Waals surface area contributed by atoms with E-state index in [0.717, 1.165) is 5.56 Å². The van der Waals surface area contributed by atoms with Gasteiger partial charge < -0.3 is 0 Å². The maximum absolute atomic E-state index is 12.4. The molecule has 0 bridgehead atoms. The molecule has 2 rings (SSSR count). The average Bonchev–Trinajstić information content (AvgIpc) is 2.37. The van der Waals surface area contributed by atoms with Crippen molar-refractivity contribution in [3.8, 4) is 0 Å². The topological polar surface area (TPSA) is 12.5 Å². The summed E-state index contributed by atoms with van der Waals surface area (Å²) < 4.78 is 41.4. The Morgan fingerprint density at radius 2 is 1.85 bits per heavy atom. The van der Waals surface area contributed by atoms with Crippen LogP contribution in [0.2, 0.25) is 0 Å². The van der Waals surface area contributed by atoms with E-state index in [9.17, 15) is 13.2 Å². The first-order valence-electron chi connectivity index (χ1n) is 6.92. The summed E-state index contributed by atoms with van der Waals surface area (Å²) in [5.41, 5.74) is 1.05. The van der Waals surface area contributed by atoms with Crippen LogP contribution in [0.25, 0.3) is 0 Å². The summed E-state index contributed by atoms with van der Waals surface area (Å²) in [6, 6.07) is 9.97. The average molecular weight is 287 g/mol. The van der Waals surface area contributed by atoms with E-state index in [4.69, 9.17) is 0 Å². The van der Waals surface area contributed by atoms with Crippen LogP contribution < -0.4 is 0 Å². The fourth-order valence-corrected chi connectivity index (χ4v) is 2.87. The minimum absolute atomic E-state index is 0.0164. The van der Waals surface area contributed by atoms with Crippen molar-refractivity contribution >= 4 is 0 Å². The van der Waals surface area contributed by atoms with Gasteiger partial charge in [-0.1, -0.05) is 30.3 Å². The Balaban J connectivity index is 2.14. The van der Waals surface area contributed by atoms with Gasteiger partial charge in [0.1, 0.15) is 0 Å². The van der Waals surface area contributed by atoms with Gasteiger partial charge >= 0.3 is 6.36 Å². The number of ether oxygens (including phenoxy) is 1. The van der Waals surface area contributed by atoms with Gasteiger partial charge in [0.25, 0.3) is 0 Å². The van der Waals surface area contributed by atoms with E-state index in [-0.39, 0.29) is 6.04 Å². The minimum Gasteiger partial charge on any atom is -0.294 e. The Hall–Kier alpha value is -1.07. The number of hydrogen-bond acceptors (Lipinski definition) is 2. The first-order chi connectivity index (χ1) is 9.37. The number of likely N-dealkylation sites (tertiary alicyclic amines) is 1. The Labute approximate surface area is 117 Å². The normalized spacial score (nSPS) is 25.1. The predicted octanol–water partition coefficient (Wildman–Crippen LogP) is 4.14. The fraction of sp³-hybridized carbons (Fsp3) is 0.600. The zero-order valence-corrected chi connectivity index (χ0v) is 11.7. The summed E-state index contributed by atoms with van der Waals surface area (Å²) in [6.45, 7) is 4.76. The van der Waals surface area contributed by atoms with E-state index in [1.807, 2.05) is 30.3 Å². The highest BCUT2D eigenvalue weighted by molar-refractivity contribution is 5.20. The van der Waals surface area contributed by atoms with Gasteiger partial charge in [0, 0.05) is 18.6 Å². The molecule has 0 spiro atoms. The molecule has 1 aromatic rings. The molecule has 1 heterocycles. The van der Waals surface area contributed by atoms with Crippen molar-refractivity contribution in [2.75, 3.05) is 6.54 Å². The number of benzene rings is 1. The highest BCUT2D eigenvalue weighted by Gasteiger charge is 2.38. The molecule has 20 heavy (non-hydrogen) atoms. The third-order valence-corrected chi connectivity index (χ3v) is 3.74. The Bertz CT molecular complexity index is 419. The van der Waals surface area contributed by atoms with Crippen LogP contribution in [-0.2, 0) is 4.74 Å². The second kappa shape index (κ2) is 6.14. The molecule has 1 fully saturated rings. The lowest BCUT2D eigenvalue weighted by Crippen LogP contribution is -2.44. The van der Waals surface area contributed by atoms with Gasteiger partial charge in [0.05, 0.1) is 6.10 Å². The van der Waals surface area contributed by atoms with Gasteiger partial charge in [-0.15, -0.1) is 13.2 Å². The number of hydrogen-bond donors (Lipinski definition) is 0. The van der Waals surface area contributed by atoms with Crippen molar-refractivity contribution in [1.29, 1.82) is 0 Å². The third-order valence-electron chi connectivity index (χ3n) is 3.74. The van der Waals surface area contributed by atoms with E-state index in [1.54, 1.807) is 0 Å². The number of alkyl halides is 3. The molecule has 0 saturated carbocycles. The van der Waals surface area contributed by atoms with Crippen LogP contribution in [0.15, 0.2) is 30.3 Å². The van der Waals surface area contributed by atoms with E-state index < -0.39 is 12.5 Å². The first kappa shape index (κ1) is 15.3. The molecule has 1 saturated heterocycles. The molecule has 5 heteroatoms. The largest absolute Gasteiger partial charge is 0.522 e. The SMILES string of the molecule is CC(C)N1CC[C@@H](OC(F)(F)F)C[C@H]1c1ccccc1. The number of nitrogens with zero attached hydrogens (tertiary/aromatic N) is 1. The van der Waals surface area contributed by atoms with Crippen LogP contribution in [0.1, 0.15) is 38.3 Å². The maximum Gasteiger partial charge on any atom is 0.522 e. The number of halogens is 3. The molecular weight excluding hydrogens is 267 g/mol. The summed E-state index contributed by atoms with van der Waals surface area (Å²) in [5, 5.41) is 0. The molecule has 0 N–H and O–H groups in total. The smallest absolute Gasteiger partial charge is 0.294 e. The molecule has 0 amide bonds. The summed E-state index contributed by atoms with van der Waals surface area (Å²) in [4.78, 5) is 2.24. The Morgan fingerprint density at radius 1 is 1.20 bits per heavy atom. The minimum atomic E-state index is -4.55. The van der Waals surface area contributed by atoms with Gasteiger partial charge in [-0.05, 0) is 32.3 Å². The van der Waals surface area contributed by atoms with Gasteiger partial charge in [0.2, 0.25) is 0 Å². The fourth-order valence-electron chi connectivity index (χ4n) is 2.87. The van der Waals surface area contributed by atoms with Crippen LogP contribution >= 0.6 is 0 Å². The highest BCUT2D eigenvalue weighted by Crippen LogP contribution is 2.35. The van der Waals surface area contributed by atoms with E-state index >= 15 is 0 Å². The van der Waals surface area contributed by atoms with Crippen molar-refractivity contribution in [3.05, 3.63) is 35.9 Å². The molecule has 0 unspecified atom stereocenters. The summed E-state index contributed by atoms with van der Waals surface area (Å²) in [7, 11) is 0. The van der Waals surface area contributed by atoms with Crippen molar-refractivity contribution < 1.29 is 17.9 Å². The van der Waals surface area contributed by atoms with Crippen LogP contribution in [0, 0.1) is 0 Å². The standard InChI is InChI=1S/C15H20F3NO/c1-11(2)19-9-8-13(20-15(16,17)18)10-14(19)12-6-4-3-5-7-12/h3-7,11,13-14H,8-10H2,1-2H3/t13-,14+/m1/s1. The second-order valence-electron chi connectivity index (χ2n) is 5.47. The predicted molar refractivity (Wildman–Crippen MR) is 71.2 cm³/mol. The molecular formula is C15H20F3NO. The summed E-state index contributed by atoms with van der Waals surface area (Å²) in [5.74, 6) is 0. The molecule has 112 valence electrons. The van der Waals surface area contributed by atoms with Gasteiger partial charge in [-0.3, -0.25) is 9.64 Å². The maximum atomic E-state index is 12.4. The monoisotopic (exact) mass is 287 g/mol. The summed E-state index contributed by atoms with van der Waals surface area (Å²) >= 11 is 0. The Kier molecular flexibility index (Phi) is 4.70. The van der Waals surface area contributed by atoms with Crippen LogP contribution in [-0.4, -0.2) is 30.0 Å². The lowest BCUT2D eigenvalue weighted by atomic mass is 9.92. The first-order valence-corrected chi connectivity index (χ1v) is 6.92. The molecule has 0 aromatic heterocycles. The van der Waals surface area contributed by atoms with E-state index in [1.165, 1.54) is 0 Å². The van der Waals surface area contributed by atoms with Gasteiger partial charge in [-0.25, -0.2) is 0 Å². The van der Waals surface area contributed by atoms with Crippen molar-refractivity contribution in [2.45, 2.75) is 51.2 Å². The van der Waals surface area contributed by atoms with Crippen LogP contribution in [0.3, 0.4) is 0 Å². The zero-order valence-electron chi connectivity index (χ0n) is 11.7. The van der Waals surface area contributed by atoms with Crippen LogP contribution in [0.5, 0.6) is 0 Å². The molecule has 0 radical (unpaired) electrons. The van der Waals surface area contributed by atoms with Crippen molar-refractivity contribution in [2.24, 2.45) is 0 Å². The molecule has 2 nitrogen and oxygen atoms in total. The molecule has 2 atom stereocenters. The van der Waals surface area contributed by atoms with Gasteiger partial charge in [0.15, 0.2) is 0 Å². The summed E-state index contributed by atoms with van der Waals surface area (Å²) in [6.07, 6.45) is -4.51.